The van der Waals surface area contributed by atoms with E-state index in [4.69, 9.17) is 33.7 Å². The number of hydrogen-bond donors (Lipinski definition) is 1. The standard InChI is InChI=1S/C16H15Cl2NO/c17-13-4-2-5-14(18)12(13)9-20-16-6-1-3-10-11(16)7-8-15(10)19/h1-6,15H,7-9,19H2. The van der Waals surface area contributed by atoms with Gasteiger partial charge in [0.2, 0.25) is 0 Å². The van der Waals surface area contributed by atoms with Gasteiger partial charge in [-0.1, -0.05) is 41.4 Å². The number of rotatable bonds is 3. The van der Waals surface area contributed by atoms with Gasteiger partial charge in [-0.3, -0.25) is 0 Å². The van der Waals surface area contributed by atoms with Crippen molar-refractivity contribution in [1.82, 2.24) is 0 Å². The second-order valence-electron chi connectivity index (χ2n) is 4.96. The van der Waals surface area contributed by atoms with Gasteiger partial charge in [-0.15, -0.1) is 0 Å². The van der Waals surface area contributed by atoms with E-state index >= 15 is 0 Å². The molecule has 0 aliphatic heterocycles. The molecule has 0 aromatic heterocycles. The quantitative estimate of drug-likeness (QED) is 0.905. The van der Waals surface area contributed by atoms with Crippen LogP contribution in [0.3, 0.4) is 0 Å². The van der Waals surface area contributed by atoms with Crippen molar-refractivity contribution in [1.29, 1.82) is 0 Å². The summed E-state index contributed by atoms with van der Waals surface area (Å²) in [6.07, 6.45) is 1.94. The third-order valence-electron chi connectivity index (χ3n) is 3.71. The van der Waals surface area contributed by atoms with Gasteiger partial charge in [-0.25, -0.2) is 0 Å². The molecule has 2 aromatic carbocycles. The van der Waals surface area contributed by atoms with E-state index in [1.807, 2.05) is 30.3 Å². The summed E-state index contributed by atoms with van der Waals surface area (Å²) in [6.45, 7) is 0.365. The van der Waals surface area contributed by atoms with Gasteiger partial charge in [0.25, 0.3) is 0 Å². The minimum atomic E-state index is 0.123. The lowest BCUT2D eigenvalue weighted by Crippen LogP contribution is -2.05. The van der Waals surface area contributed by atoms with E-state index in [1.54, 1.807) is 0 Å². The zero-order chi connectivity index (χ0) is 14.1. The van der Waals surface area contributed by atoms with Crippen molar-refractivity contribution in [3.63, 3.8) is 0 Å². The average molecular weight is 308 g/mol. The second-order valence-corrected chi connectivity index (χ2v) is 5.77. The maximum atomic E-state index is 6.15. The molecule has 0 bridgehead atoms. The molecule has 0 saturated carbocycles. The lowest BCUT2D eigenvalue weighted by atomic mass is 10.1. The molecule has 0 saturated heterocycles. The van der Waals surface area contributed by atoms with Crippen molar-refractivity contribution in [2.24, 2.45) is 5.73 Å². The Balaban J connectivity index is 1.83. The SMILES string of the molecule is NC1CCc2c(OCc3c(Cl)cccc3Cl)cccc21. The van der Waals surface area contributed by atoms with Gasteiger partial charge in [0.1, 0.15) is 12.4 Å². The normalized spacial score (nSPS) is 17.1. The van der Waals surface area contributed by atoms with Crippen LogP contribution in [-0.2, 0) is 13.0 Å². The first-order valence-electron chi connectivity index (χ1n) is 6.60. The monoisotopic (exact) mass is 307 g/mol. The molecule has 3 rings (SSSR count). The highest BCUT2D eigenvalue weighted by atomic mass is 35.5. The van der Waals surface area contributed by atoms with Crippen molar-refractivity contribution in [3.8, 4) is 5.75 Å². The van der Waals surface area contributed by atoms with Crippen LogP contribution in [0.2, 0.25) is 10.0 Å². The highest BCUT2D eigenvalue weighted by Crippen LogP contribution is 2.36. The number of halogens is 2. The van der Waals surface area contributed by atoms with Crippen molar-refractivity contribution in [3.05, 3.63) is 63.1 Å². The van der Waals surface area contributed by atoms with Crippen LogP contribution >= 0.6 is 23.2 Å². The zero-order valence-corrected chi connectivity index (χ0v) is 12.4. The second kappa shape index (κ2) is 5.65. The first-order chi connectivity index (χ1) is 9.66. The predicted octanol–water partition coefficient (Wildman–Crippen LogP) is 4.52. The Morgan fingerprint density at radius 3 is 2.55 bits per heavy atom. The molecule has 2 nitrogen and oxygen atoms in total. The zero-order valence-electron chi connectivity index (χ0n) is 10.9. The molecule has 1 aliphatic rings. The van der Waals surface area contributed by atoms with Crippen LogP contribution in [0.15, 0.2) is 36.4 Å². The Morgan fingerprint density at radius 2 is 1.80 bits per heavy atom. The number of ether oxygens (including phenoxy) is 1. The van der Waals surface area contributed by atoms with Gasteiger partial charge in [0, 0.05) is 21.7 Å². The average Bonchev–Trinajstić information content (AvgIpc) is 2.81. The molecule has 1 atom stereocenters. The number of fused-ring (bicyclic) bond motifs is 1. The van der Waals surface area contributed by atoms with E-state index in [0.29, 0.717) is 16.7 Å². The molecule has 2 aromatic rings. The molecule has 2 N–H and O–H groups in total. The fourth-order valence-electron chi connectivity index (χ4n) is 2.61. The summed E-state index contributed by atoms with van der Waals surface area (Å²) in [5.41, 5.74) is 9.29. The van der Waals surface area contributed by atoms with E-state index < -0.39 is 0 Å². The molecule has 4 heteroatoms. The van der Waals surface area contributed by atoms with Gasteiger partial charge < -0.3 is 10.5 Å². The molecule has 0 spiro atoms. The van der Waals surface area contributed by atoms with Crippen LogP contribution in [0.25, 0.3) is 0 Å². The molecule has 20 heavy (non-hydrogen) atoms. The van der Waals surface area contributed by atoms with Gasteiger partial charge in [0.15, 0.2) is 0 Å². The molecule has 1 aliphatic carbocycles. The van der Waals surface area contributed by atoms with Crippen LogP contribution in [0.5, 0.6) is 5.75 Å². The van der Waals surface area contributed by atoms with E-state index in [1.165, 1.54) is 11.1 Å². The van der Waals surface area contributed by atoms with Gasteiger partial charge in [-0.2, -0.15) is 0 Å². The maximum absolute atomic E-state index is 6.15. The highest BCUT2D eigenvalue weighted by Gasteiger charge is 2.22. The van der Waals surface area contributed by atoms with Gasteiger partial charge in [0.05, 0.1) is 0 Å². The number of hydrogen-bond acceptors (Lipinski definition) is 2. The summed E-state index contributed by atoms with van der Waals surface area (Å²) in [7, 11) is 0. The van der Waals surface area contributed by atoms with Crippen LogP contribution in [0, 0.1) is 0 Å². The molecule has 1 unspecified atom stereocenters. The summed E-state index contributed by atoms with van der Waals surface area (Å²) < 4.78 is 5.92. The van der Waals surface area contributed by atoms with E-state index in [0.717, 1.165) is 24.2 Å². The fourth-order valence-corrected chi connectivity index (χ4v) is 3.11. The van der Waals surface area contributed by atoms with Crippen molar-refractivity contribution < 1.29 is 4.74 Å². The van der Waals surface area contributed by atoms with Crippen molar-refractivity contribution in [2.75, 3.05) is 0 Å². The third-order valence-corrected chi connectivity index (χ3v) is 4.42. The van der Waals surface area contributed by atoms with E-state index in [9.17, 15) is 0 Å². The lowest BCUT2D eigenvalue weighted by molar-refractivity contribution is 0.303. The highest BCUT2D eigenvalue weighted by molar-refractivity contribution is 6.35. The van der Waals surface area contributed by atoms with E-state index in [2.05, 4.69) is 6.07 Å². The number of nitrogens with two attached hydrogens (primary N) is 1. The maximum Gasteiger partial charge on any atom is 0.123 e. The molecule has 0 fully saturated rings. The summed E-state index contributed by atoms with van der Waals surface area (Å²) in [4.78, 5) is 0. The topological polar surface area (TPSA) is 35.2 Å². The lowest BCUT2D eigenvalue weighted by Gasteiger charge is -2.13. The largest absolute Gasteiger partial charge is 0.489 e. The van der Waals surface area contributed by atoms with Crippen LogP contribution in [0.4, 0.5) is 0 Å². The minimum Gasteiger partial charge on any atom is -0.489 e. The first-order valence-corrected chi connectivity index (χ1v) is 7.35. The van der Waals surface area contributed by atoms with Crippen molar-refractivity contribution in [2.45, 2.75) is 25.5 Å². The third kappa shape index (κ3) is 2.51. The Kier molecular flexibility index (Phi) is 3.88. The van der Waals surface area contributed by atoms with Crippen molar-refractivity contribution >= 4 is 23.2 Å². The van der Waals surface area contributed by atoms with Crippen LogP contribution in [0.1, 0.15) is 29.2 Å². The predicted molar refractivity (Wildman–Crippen MR) is 82.5 cm³/mol. The summed E-state index contributed by atoms with van der Waals surface area (Å²) >= 11 is 12.3. The Morgan fingerprint density at radius 1 is 1.10 bits per heavy atom. The van der Waals surface area contributed by atoms with E-state index in [-0.39, 0.29) is 6.04 Å². The summed E-state index contributed by atoms with van der Waals surface area (Å²) in [5, 5.41) is 1.25. The molecular weight excluding hydrogens is 293 g/mol. The Hall–Kier alpha value is -1.22. The molecular formula is C16H15Cl2NO. The summed E-state index contributed by atoms with van der Waals surface area (Å²) in [6, 6.07) is 11.6. The molecule has 0 heterocycles. The van der Waals surface area contributed by atoms with Crippen LogP contribution < -0.4 is 10.5 Å². The number of benzene rings is 2. The minimum absolute atomic E-state index is 0.123. The van der Waals surface area contributed by atoms with Gasteiger partial charge in [-0.05, 0) is 42.2 Å². The first kappa shape index (κ1) is 13.7. The molecule has 0 amide bonds. The van der Waals surface area contributed by atoms with Gasteiger partial charge >= 0.3 is 0 Å². The smallest absolute Gasteiger partial charge is 0.123 e. The Labute approximate surface area is 128 Å². The molecule has 104 valence electrons. The fraction of sp³-hybridized carbons (Fsp3) is 0.250. The van der Waals surface area contributed by atoms with Crippen LogP contribution in [-0.4, -0.2) is 0 Å². The summed E-state index contributed by atoms with van der Waals surface area (Å²) in [5.74, 6) is 0.881. The Bertz CT molecular complexity index is 622. The molecule has 0 radical (unpaired) electrons.